The SMILES string of the molecule is CCN(CC#N)C(=O)c1cccc(Br)n1. The zero-order chi connectivity index (χ0) is 11.3. The van der Waals surface area contributed by atoms with E-state index in [0.717, 1.165) is 0 Å². The standard InChI is InChI=1S/C10H10BrN3O/c1-2-14(7-6-12)10(15)8-4-3-5-9(11)13-8/h3-5H,2,7H2,1H3. The molecule has 0 spiro atoms. The Balaban J connectivity index is 2.88. The van der Waals surface area contributed by atoms with Crippen molar-refractivity contribution in [2.45, 2.75) is 6.92 Å². The van der Waals surface area contributed by atoms with Crippen molar-refractivity contribution in [1.29, 1.82) is 5.26 Å². The highest BCUT2D eigenvalue weighted by Gasteiger charge is 2.14. The van der Waals surface area contributed by atoms with Crippen LogP contribution in [0.2, 0.25) is 0 Å². The number of halogens is 1. The summed E-state index contributed by atoms with van der Waals surface area (Å²) in [5.74, 6) is -0.222. The molecule has 1 amide bonds. The average molecular weight is 268 g/mol. The van der Waals surface area contributed by atoms with Gasteiger partial charge in [0.25, 0.3) is 5.91 Å². The third-order valence-electron chi connectivity index (χ3n) is 1.86. The number of nitriles is 1. The lowest BCUT2D eigenvalue weighted by molar-refractivity contribution is 0.0778. The predicted octanol–water partition coefficient (Wildman–Crippen LogP) is 1.83. The first-order chi connectivity index (χ1) is 7.19. The van der Waals surface area contributed by atoms with Crippen LogP contribution in [0.4, 0.5) is 0 Å². The molecule has 0 aliphatic rings. The minimum absolute atomic E-state index is 0.0868. The molecule has 0 unspecified atom stereocenters. The number of nitrogens with zero attached hydrogens (tertiary/aromatic N) is 3. The smallest absolute Gasteiger partial charge is 0.273 e. The van der Waals surface area contributed by atoms with Gasteiger partial charge in [-0.15, -0.1) is 0 Å². The second kappa shape index (κ2) is 5.47. The van der Waals surface area contributed by atoms with Crippen molar-refractivity contribution in [2.24, 2.45) is 0 Å². The van der Waals surface area contributed by atoms with Gasteiger partial charge in [-0.1, -0.05) is 6.07 Å². The van der Waals surface area contributed by atoms with Gasteiger partial charge in [0.1, 0.15) is 16.8 Å². The Labute approximate surface area is 96.7 Å². The molecule has 4 nitrogen and oxygen atoms in total. The molecule has 1 aromatic rings. The number of hydrogen-bond donors (Lipinski definition) is 0. The molecule has 0 fully saturated rings. The van der Waals surface area contributed by atoms with Crippen LogP contribution in [-0.2, 0) is 0 Å². The molecule has 1 heterocycles. The second-order valence-electron chi connectivity index (χ2n) is 2.82. The molecule has 5 heteroatoms. The van der Waals surface area contributed by atoms with Crippen molar-refractivity contribution in [3.05, 3.63) is 28.5 Å². The number of pyridine rings is 1. The van der Waals surface area contributed by atoms with Crippen molar-refractivity contribution >= 4 is 21.8 Å². The largest absolute Gasteiger partial charge is 0.324 e. The van der Waals surface area contributed by atoms with Crippen molar-refractivity contribution in [1.82, 2.24) is 9.88 Å². The quantitative estimate of drug-likeness (QED) is 0.620. The van der Waals surface area contributed by atoms with E-state index in [9.17, 15) is 4.79 Å². The molecule has 0 aliphatic heterocycles. The molecule has 0 atom stereocenters. The zero-order valence-corrected chi connectivity index (χ0v) is 9.86. The molecule has 0 bridgehead atoms. The molecule has 0 radical (unpaired) electrons. The van der Waals surface area contributed by atoms with Crippen LogP contribution in [-0.4, -0.2) is 28.9 Å². The number of carbonyl (C=O) groups is 1. The van der Waals surface area contributed by atoms with E-state index >= 15 is 0 Å². The highest BCUT2D eigenvalue weighted by Crippen LogP contribution is 2.08. The molecule has 0 N–H and O–H groups in total. The summed E-state index contributed by atoms with van der Waals surface area (Å²) in [7, 11) is 0. The van der Waals surface area contributed by atoms with Gasteiger partial charge in [-0.05, 0) is 35.0 Å². The summed E-state index contributed by atoms with van der Waals surface area (Å²) in [4.78, 5) is 17.3. The van der Waals surface area contributed by atoms with Crippen LogP contribution in [0.25, 0.3) is 0 Å². The van der Waals surface area contributed by atoms with Crippen molar-refractivity contribution in [3.63, 3.8) is 0 Å². The summed E-state index contributed by atoms with van der Waals surface area (Å²) in [5, 5.41) is 8.54. The van der Waals surface area contributed by atoms with Gasteiger partial charge in [-0.25, -0.2) is 4.98 Å². The van der Waals surface area contributed by atoms with Gasteiger partial charge in [0.05, 0.1) is 6.07 Å². The van der Waals surface area contributed by atoms with Crippen LogP contribution in [0.3, 0.4) is 0 Å². The Kier molecular flexibility index (Phi) is 4.25. The normalized spacial score (nSPS) is 9.40. The maximum atomic E-state index is 11.8. The second-order valence-corrected chi connectivity index (χ2v) is 3.64. The topological polar surface area (TPSA) is 57.0 Å². The Bertz CT molecular complexity index is 400. The van der Waals surface area contributed by atoms with Crippen molar-refractivity contribution < 1.29 is 4.79 Å². The monoisotopic (exact) mass is 267 g/mol. The average Bonchev–Trinajstić information content (AvgIpc) is 2.25. The van der Waals surface area contributed by atoms with Crippen LogP contribution in [0.1, 0.15) is 17.4 Å². The van der Waals surface area contributed by atoms with Gasteiger partial charge in [0.15, 0.2) is 0 Å². The zero-order valence-electron chi connectivity index (χ0n) is 8.27. The molecule has 78 valence electrons. The van der Waals surface area contributed by atoms with Crippen LogP contribution in [0.5, 0.6) is 0 Å². The molecule has 0 aromatic carbocycles. The number of amides is 1. The van der Waals surface area contributed by atoms with E-state index in [0.29, 0.717) is 16.8 Å². The lowest BCUT2D eigenvalue weighted by Gasteiger charge is -2.16. The molecule has 0 aliphatic carbocycles. The highest BCUT2D eigenvalue weighted by molar-refractivity contribution is 9.10. The Morgan fingerprint density at radius 2 is 2.40 bits per heavy atom. The summed E-state index contributed by atoms with van der Waals surface area (Å²) in [5.41, 5.74) is 0.349. The first-order valence-electron chi connectivity index (χ1n) is 4.47. The summed E-state index contributed by atoms with van der Waals surface area (Å²) in [6.45, 7) is 2.41. The fourth-order valence-electron chi connectivity index (χ4n) is 1.10. The number of hydrogen-bond acceptors (Lipinski definition) is 3. The van der Waals surface area contributed by atoms with Crippen LogP contribution < -0.4 is 0 Å². The molecule has 1 aromatic heterocycles. The van der Waals surface area contributed by atoms with E-state index < -0.39 is 0 Å². The van der Waals surface area contributed by atoms with E-state index in [1.54, 1.807) is 18.2 Å². The van der Waals surface area contributed by atoms with Crippen LogP contribution >= 0.6 is 15.9 Å². The Hall–Kier alpha value is -1.41. The van der Waals surface area contributed by atoms with E-state index in [-0.39, 0.29) is 12.5 Å². The van der Waals surface area contributed by atoms with Crippen molar-refractivity contribution in [2.75, 3.05) is 13.1 Å². The third-order valence-corrected chi connectivity index (χ3v) is 2.31. The molecular weight excluding hydrogens is 258 g/mol. The molecule has 0 saturated carbocycles. The van der Waals surface area contributed by atoms with Gasteiger partial charge >= 0.3 is 0 Å². The Morgan fingerprint density at radius 3 is 2.93 bits per heavy atom. The molecular formula is C10H10BrN3O. The number of rotatable bonds is 3. The van der Waals surface area contributed by atoms with Crippen LogP contribution in [0, 0.1) is 11.3 Å². The molecule has 0 saturated heterocycles. The predicted molar refractivity (Wildman–Crippen MR) is 59.1 cm³/mol. The van der Waals surface area contributed by atoms with Crippen LogP contribution in [0.15, 0.2) is 22.8 Å². The van der Waals surface area contributed by atoms with Gasteiger partial charge < -0.3 is 4.90 Å². The number of carbonyl (C=O) groups excluding carboxylic acids is 1. The summed E-state index contributed by atoms with van der Waals surface area (Å²) in [6.07, 6.45) is 0. The fraction of sp³-hybridized carbons (Fsp3) is 0.300. The first-order valence-corrected chi connectivity index (χ1v) is 5.27. The van der Waals surface area contributed by atoms with Gasteiger partial charge in [0.2, 0.25) is 0 Å². The number of aromatic nitrogens is 1. The highest BCUT2D eigenvalue weighted by atomic mass is 79.9. The molecule has 15 heavy (non-hydrogen) atoms. The van der Waals surface area contributed by atoms with Gasteiger partial charge in [0, 0.05) is 6.54 Å². The lowest BCUT2D eigenvalue weighted by atomic mass is 10.3. The summed E-state index contributed by atoms with van der Waals surface area (Å²) >= 11 is 3.19. The van der Waals surface area contributed by atoms with Gasteiger partial charge in [-0.2, -0.15) is 5.26 Å². The minimum Gasteiger partial charge on any atom is -0.324 e. The Morgan fingerprint density at radius 1 is 1.67 bits per heavy atom. The van der Waals surface area contributed by atoms with E-state index in [1.807, 2.05) is 13.0 Å². The van der Waals surface area contributed by atoms with E-state index in [1.165, 1.54) is 4.90 Å². The summed E-state index contributed by atoms with van der Waals surface area (Å²) in [6, 6.07) is 7.07. The van der Waals surface area contributed by atoms with E-state index in [2.05, 4.69) is 20.9 Å². The first kappa shape index (κ1) is 11.7. The summed E-state index contributed by atoms with van der Waals surface area (Å²) < 4.78 is 0.612. The van der Waals surface area contributed by atoms with Crippen molar-refractivity contribution in [3.8, 4) is 6.07 Å². The lowest BCUT2D eigenvalue weighted by Crippen LogP contribution is -2.31. The van der Waals surface area contributed by atoms with Gasteiger partial charge in [-0.3, -0.25) is 4.79 Å². The minimum atomic E-state index is -0.222. The third kappa shape index (κ3) is 3.03. The fourth-order valence-corrected chi connectivity index (χ4v) is 1.45. The maximum absolute atomic E-state index is 11.8. The van der Waals surface area contributed by atoms with E-state index in [4.69, 9.17) is 5.26 Å². The molecule has 1 rings (SSSR count). The maximum Gasteiger partial charge on any atom is 0.273 e.